The number of fused-ring (bicyclic) bond motifs is 1. The lowest BCUT2D eigenvalue weighted by Crippen LogP contribution is -2.40. The minimum absolute atomic E-state index is 0.0148. The molecule has 2 aromatic rings. The number of rotatable bonds is 12. The fourth-order valence-electron chi connectivity index (χ4n) is 4.10. The predicted molar refractivity (Wildman–Crippen MR) is 130 cm³/mol. The molecule has 2 amide bonds. The maximum atomic E-state index is 13.4. The predicted octanol–water partition coefficient (Wildman–Crippen LogP) is 3.22. The number of hydrogen-bond donors (Lipinski definition) is 2. The number of carbonyl (C=O) groups excluding carboxylic acids is 2. The van der Waals surface area contributed by atoms with E-state index >= 15 is 0 Å². The van der Waals surface area contributed by atoms with Gasteiger partial charge in [0.15, 0.2) is 0 Å². The first-order valence-corrected chi connectivity index (χ1v) is 11.7. The van der Waals surface area contributed by atoms with E-state index in [1.807, 2.05) is 42.5 Å². The summed E-state index contributed by atoms with van der Waals surface area (Å²) in [6.07, 6.45) is 4.75. The summed E-state index contributed by atoms with van der Waals surface area (Å²) < 4.78 is 5.21. The number of nitrogens with two attached hydrogens (primary N) is 1. The van der Waals surface area contributed by atoms with Crippen LogP contribution in [0.2, 0.25) is 0 Å². The first-order chi connectivity index (χ1) is 16.4. The molecule has 8 heteroatoms. The summed E-state index contributed by atoms with van der Waals surface area (Å²) in [5, 5.41) is 9.10. The molecule has 3 N–H and O–H groups in total. The van der Waals surface area contributed by atoms with Gasteiger partial charge in [0, 0.05) is 6.54 Å². The summed E-state index contributed by atoms with van der Waals surface area (Å²) >= 11 is 0. The summed E-state index contributed by atoms with van der Waals surface area (Å²) in [5.74, 6) is -0.849. The summed E-state index contributed by atoms with van der Waals surface area (Å²) in [4.78, 5) is 40.6. The number of aryl methyl sites for hydroxylation is 1. The molecule has 1 aliphatic heterocycles. The monoisotopic (exact) mass is 467 g/mol. The van der Waals surface area contributed by atoms with Crippen LogP contribution in [0.25, 0.3) is 0 Å². The lowest BCUT2D eigenvalue weighted by Gasteiger charge is -2.23. The van der Waals surface area contributed by atoms with Gasteiger partial charge in [0.25, 0.3) is 5.91 Å². The Labute approximate surface area is 200 Å². The normalized spacial score (nSPS) is 13.6. The van der Waals surface area contributed by atoms with Gasteiger partial charge in [-0.2, -0.15) is 0 Å². The number of aliphatic carboxylic acids is 1. The molecule has 0 spiro atoms. The number of unbranched alkanes of at least 4 members (excludes halogenated alkanes) is 3. The van der Waals surface area contributed by atoms with Gasteiger partial charge in [-0.25, -0.2) is 0 Å². The molecule has 0 atom stereocenters. The van der Waals surface area contributed by atoms with Crippen molar-refractivity contribution in [1.82, 2.24) is 4.90 Å². The highest BCUT2D eigenvalue weighted by atomic mass is 16.5. The van der Waals surface area contributed by atoms with Crippen molar-refractivity contribution in [2.45, 2.75) is 45.1 Å². The molecule has 3 rings (SSSR count). The third kappa shape index (κ3) is 6.57. The molecule has 8 nitrogen and oxygen atoms in total. The Morgan fingerprint density at radius 2 is 1.74 bits per heavy atom. The largest absolute Gasteiger partial charge is 0.497 e. The Morgan fingerprint density at radius 3 is 2.41 bits per heavy atom. The lowest BCUT2D eigenvalue weighted by molar-refractivity contribution is -0.137. The van der Waals surface area contributed by atoms with Crippen LogP contribution in [-0.2, 0) is 22.6 Å². The van der Waals surface area contributed by atoms with E-state index in [0.29, 0.717) is 24.3 Å². The molecule has 0 fully saturated rings. The van der Waals surface area contributed by atoms with E-state index in [4.69, 9.17) is 15.6 Å². The molecule has 182 valence electrons. The average molecular weight is 468 g/mol. The van der Waals surface area contributed by atoms with E-state index in [9.17, 15) is 14.4 Å². The summed E-state index contributed by atoms with van der Waals surface area (Å²) in [6.45, 7) is 0.816. The second kappa shape index (κ2) is 12.2. The number of nitrogens with zero attached hydrogens (tertiary/aromatic N) is 2. The average Bonchev–Trinajstić information content (AvgIpc) is 2.93. The van der Waals surface area contributed by atoms with Crippen LogP contribution in [0, 0.1) is 0 Å². The number of carboxylic acid groups (broad SMARTS) is 1. The molecule has 0 aliphatic carbocycles. The molecule has 0 saturated carbocycles. The minimum atomic E-state index is -1.01. The Balaban J connectivity index is 1.88. The number of carboxylic acids is 1. The van der Waals surface area contributed by atoms with E-state index in [2.05, 4.69) is 0 Å². The maximum Gasteiger partial charge on any atom is 0.305 e. The second-order valence-electron chi connectivity index (χ2n) is 8.50. The summed E-state index contributed by atoms with van der Waals surface area (Å²) in [7, 11) is 1.59. The zero-order valence-electron chi connectivity index (χ0n) is 19.7. The number of ether oxygens (including phenoxy) is 1. The van der Waals surface area contributed by atoms with Crippen LogP contribution in [0.1, 0.15) is 53.6 Å². The standard InChI is InChI=1S/C26H33N3O5/c1-34-21-10-7-20(8-11-21)17-29-23-12-9-19(6-4-2-3-5-14-27)16-22(23)26(33)28(18-24(29)30)15-13-25(31)32/h7-12,16H,2-6,13-15,17-18,27H2,1H3,(H,31,32). The van der Waals surface area contributed by atoms with Crippen molar-refractivity contribution in [3.63, 3.8) is 0 Å². The van der Waals surface area contributed by atoms with Crippen molar-refractivity contribution in [3.05, 3.63) is 59.2 Å². The number of amides is 2. The van der Waals surface area contributed by atoms with Crippen molar-refractivity contribution in [3.8, 4) is 5.75 Å². The number of methoxy groups -OCH3 is 1. The highest BCUT2D eigenvalue weighted by Gasteiger charge is 2.32. The Bertz CT molecular complexity index is 1010. The molecular formula is C26H33N3O5. The fourth-order valence-corrected chi connectivity index (χ4v) is 4.10. The zero-order valence-corrected chi connectivity index (χ0v) is 19.7. The summed E-state index contributed by atoms with van der Waals surface area (Å²) in [6, 6.07) is 13.1. The maximum absolute atomic E-state index is 13.4. The van der Waals surface area contributed by atoms with Crippen LogP contribution in [0.4, 0.5) is 5.69 Å². The molecule has 1 heterocycles. The van der Waals surface area contributed by atoms with Crippen LogP contribution in [0.15, 0.2) is 42.5 Å². The van der Waals surface area contributed by atoms with Crippen molar-refractivity contribution in [2.24, 2.45) is 5.73 Å². The van der Waals surface area contributed by atoms with Gasteiger partial charge < -0.3 is 25.4 Å². The van der Waals surface area contributed by atoms with E-state index in [1.165, 1.54) is 4.90 Å². The molecule has 0 aromatic heterocycles. The smallest absolute Gasteiger partial charge is 0.305 e. The van der Waals surface area contributed by atoms with Crippen LogP contribution >= 0.6 is 0 Å². The summed E-state index contributed by atoms with van der Waals surface area (Å²) in [5.41, 5.74) is 8.47. The molecular weight excluding hydrogens is 434 g/mol. The van der Waals surface area contributed by atoms with E-state index in [-0.39, 0.29) is 31.3 Å². The van der Waals surface area contributed by atoms with Crippen LogP contribution in [0.3, 0.4) is 0 Å². The van der Waals surface area contributed by atoms with Crippen LogP contribution in [0.5, 0.6) is 5.75 Å². The van der Waals surface area contributed by atoms with Gasteiger partial charge in [-0.3, -0.25) is 14.4 Å². The Kier molecular flexibility index (Phi) is 9.04. The lowest BCUT2D eigenvalue weighted by atomic mass is 10.0. The van der Waals surface area contributed by atoms with E-state index in [0.717, 1.165) is 49.0 Å². The first-order valence-electron chi connectivity index (χ1n) is 11.7. The number of anilines is 1. The van der Waals surface area contributed by atoms with Gasteiger partial charge in [0.05, 0.1) is 31.3 Å². The van der Waals surface area contributed by atoms with Gasteiger partial charge in [-0.1, -0.05) is 31.0 Å². The molecule has 1 aliphatic rings. The second-order valence-corrected chi connectivity index (χ2v) is 8.50. The molecule has 0 bridgehead atoms. The number of benzene rings is 2. The van der Waals surface area contributed by atoms with E-state index in [1.54, 1.807) is 12.0 Å². The van der Waals surface area contributed by atoms with Gasteiger partial charge >= 0.3 is 5.97 Å². The number of hydrogen-bond acceptors (Lipinski definition) is 5. The highest BCUT2D eigenvalue weighted by Crippen LogP contribution is 2.29. The van der Waals surface area contributed by atoms with Gasteiger partial charge in [0.2, 0.25) is 5.91 Å². The zero-order chi connectivity index (χ0) is 24.5. The minimum Gasteiger partial charge on any atom is -0.497 e. The fraction of sp³-hybridized carbons (Fsp3) is 0.423. The van der Waals surface area contributed by atoms with Crippen LogP contribution in [-0.4, -0.2) is 54.5 Å². The molecule has 0 saturated heterocycles. The molecule has 34 heavy (non-hydrogen) atoms. The Morgan fingerprint density at radius 1 is 1.03 bits per heavy atom. The van der Waals surface area contributed by atoms with Gasteiger partial charge in [0.1, 0.15) is 12.3 Å². The Hall–Kier alpha value is -3.39. The first kappa shape index (κ1) is 25.2. The SMILES string of the molecule is COc1ccc(CN2C(=O)CN(CCC(=O)O)C(=O)c3cc(CCCCCCN)ccc32)cc1. The van der Waals surface area contributed by atoms with Crippen molar-refractivity contribution < 1.29 is 24.2 Å². The van der Waals surface area contributed by atoms with Gasteiger partial charge in [-0.15, -0.1) is 0 Å². The third-order valence-corrected chi connectivity index (χ3v) is 6.01. The third-order valence-electron chi connectivity index (χ3n) is 6.01. The van der Waals surface area contributed by atoms with Crippen molar-refractivity contribution in [2.75, 3.05) is 31.6 Å². The molecule has 0 unspecified atom stereocenters. The van der Waals surface area contributed by atoms with Gasteiger partial charge in [-0.05, 0) is 61.2 Å². The van der Waals surface area contributed by atoms with Crippen LogP contribution < -0.4 is 15.4 Å². The van der Waals surface area contributed by atoms with E-state index < -0.39 is 5.97 Å². The molecule has 2 aromatic carbocycles. The molecule has 0 radical (unpaired) electrons. The topological polar surface area (TPSA) is 113 Å². The van der Waals surface area contributed by atoms with Crippen molar-refractivity contribution in [1.29, 1.82) is 0 Å². The quantitative estimate of drug-likeness (QED) is 0.464. The van der Waals surface area contributed by atoms with Crippen molar-refractivity contribution >= 4 is 23.5 Å². The highest BCUT2D eigenvalue weighted by molar-refractivity contribution is 6.09. The number of carbonyl (C=O) groups is 3.